The Hall–Kier alpha value is -4.35. The summed E-state index contributed by atoms with van der Waals surface area (Å²) >= 11 is 0. The molecule has 0 radical (unpaired) electrons. The van der Waals surface area contributed by atoms with E-state index in [0.717, 1.165) is 16.7 Å². The van der Waals surface area contributed by atoms with E-state index in [4.69, 9.17) is 20.4 Å². The highest BCUT2D eigenvalue weighted by Crippen LogP contribution is 2.39. The highest BCUT2D eigenvalue weighted by molar-refractivity contribution is 5.96. The van der Waals surface area contributed by atoms with Gasteiger partial charge in [-0.25, -0.2) is 9.59 Å². The fraction of sp³-hybridized carbons (Fsp3) is 0.379. The predicted octanol–water partition coefficient (Wildman–Crippen LogP) is 5.33. The van der Waals surface area contributed by atoms with E-state index in [1.807, 2.05) is 41.5 Å². The van der Waals surface area contributed by atoms with Crippen LogP contribution in [0.4, 0.5) is 13.2 Å². The fourth-order valence-corrected chi connectivity index (χ4v) is 3.86. The van der Waals surface area contributed by atoms with Gasteiger partial charge in [0.15, 0.2) is 5.78 Å². The Labute approximate surface area is 235 Å². The van der Waals surface area contributed by atoms with Gasteiger partial charge in [0.25, 0.3) is 0 Å². The fourth-order valence-electron chi connectivity index (χ4n) is 3.86. The van der Waals surface area contributed by atoms with Crippen molar-refractivity contribution in [2.24, 2.45) is 0 Å². The molecule has 1 heterocycles. The highest BCUT2D eigenvalue weighted by Gasteiger charge is 2.38. The van der Waals surface area contributed by atoms with Crippen LogP contribution in [0.2, 0.25) is 0 Å². The summed E-state index contributed by atoms with van der Waals surface area (Å²) in [5.74, 6) is -3.65. The molecule has 0 saturated heterocycles. The zero-order valence-electron chi connectivity index (χ0n) is 23.6. The van der Waals surface area contributed by atoms with Crippen LogP contribution in [-0.4, -0.2) is 48.4 Å². The lowest BCUT2D eigenvalue weighted by atomic mass is 9.78. The molecule has 0 spiro atoms. The molecule has 0 saturated carbocycles. The molecule has 0 atom stereocenters. The Morgan fingerprint density at radius 1 is 0.805 bits per heavy atom. The first-order valence-electron chi connectivity index (χ1n) is 12.5. The molecular formula is C29H34F3N3O6. The van der Waals surface area contributed by atoms with E-state index in [-0.39, 0.29) is 40.1 Å². The number of Topliss-reactive ketones (excluding diaryl/α,β-unsaturated/α-hetero) is 1. The maximum absolute atomic E-state index is 13.3. The molecule has 9 nitrogen and oxygen atoms in total. The number of phenolic OH excluding ortho intramolecular Hbond substituents is 1. The first-order valence-corrected chi connectivity index (χ1v) is 12.5. The third kappa shape index (κ3) is 8.57. The van der Waals surface area contributed by atoms with Crippen molar-refractivity contribution < 1.29 is 42.9 Å². The van der Waals surface area contributed by atoms with E-state index in [9.17, 15) is 27.9 Å². The zero-order valence-corrected chi connectivity index (χ0v) is 23.6. The Balaban J connectivity index is 0.000000745. The first kappa shape index (κ1) is 32.9. The van der Waals surface area contributed by atoms with E-state index >= 15 is 0 Å². The van der Waals surface area contributed by atoms with Crippen LogP contribution in [0, 0.1) is 5.41 Å². The number of carboxylic acid groups (broad SMARTS) is 2. The molecule has 0 aliphatic rings. The summed E-state index contributed by atoms with van der Waals surface area (Å²) in [6, 6.07) is 10.0. The zero-order chi connectivity index (χ0) is 31.5. The summed E-state index contributed by atoms with van der Waals surface area (Å²) in [5, 5.41) is 35.6. The summed E-state index contributed by atoms with van der Waals surface area (Å²) < 4.78 is 35.0. The molecule has 12 heteroatoms. The van der Waals surface area contributed by atoms with Crippen LogP contribution in [-0.2, 0) is 28.7 Å². The number of nitrogens with one attached hydrogen (secondary N) is 1. The van der Waals surface area contributed by atoms with Crippen molar-refractivity contribution in [2.45, 2.75) is 71.6 Å². The van der Waals surface area contributed by atoms with Crippen molar-refractivity contribution in [1.82, 2.24) is 9.13 Å². The normalized spacial score (nSPS) is 11.9. The highest BCUT2D eigenvalue weighted by atomic mass is 19.4. The Kier molecular flexibility index (Phi) is 9.64. The van der Waals surface area contributed by atoms with Gasteiger partial charge in [0.2, 0.25) is 5.62 Å². The number of aromatic nitrogens is 2. The largest absolute Gasteiger partial charge is 0.507 e. The molecule has 4 N–H and O–H groups in total. The Bertz CT molecular complexity index is 1450. The number of hydrogen-bond acceptors (Lipinski definition) is 5. The molecule has 0 fully saturated rings. The van der Waals surface area contributed by atoms with Crippen molar-refractivity contribution >= 4 is 17.7 Å². The second-order valence-electron chi connectivity index (χ2n) is 11.5. The summed E-state index contributed by atoms with van der Waals surface area (Å²) in [6.07, 6.45) is -1.65. The minimum atomic E-state index is -5.08. The van der Waals surface area contributed by atoms with E-state index < -0.39 is 18.1 Å². The molecule has 0 aliphatic carbocycles. The SMILES string of the molecule is CC(C)(C)c1cc(C(=O)Cn2ccn(Cc3ccc(C(=O)O)cc3)c2=N)cc(C(C)(C)C)c1O.O=C(O)C(F)(F)F. The van der Waals surface area contributed by atoms with Crippen LogP contribution >= 0.6 is 0 Å². The number of rotatable bonds is 6. The van der Waals surface area contributed by atoms with Crippen LogP contribution in [0.1, 0.15) is 78.9 Å². The minimum Gasteiger partial charge on any atom is -0.507 e. The van der Waals surface area contributed by atoms with Gasteiger partial charge < -0.3 is 24.5 Å². The molecule has 3 aromatic rings. The second kappa shape index (κ2) is 12.0. The standard InChI is InChI=1S/C27H33N3O4.C2HF3O2/c1-26(2,3)20-13-19(14-21(23(20)32)27(4,5)6)22(31)16-30-12-11-29(25(30)28)15-17-7-9-18(10-8-17)24(33)34;3-2(4,5)1(6)7/h7-14,28,32H,15-16H2,1-6H3,(H,33,34);(H,6,7). The molecule has 222 valence electrons. The van der Waals surface area contributed by atoms with E-state index in [1.54, 1.807) is 45.8 Å². The number of carbonyl (C=O) groups is 3. The van der Waals surface area contributed by atoms with Gasteiger partial charge in [0, 0.05) is 29.1 Å². The van der Waals surface area contributed by atoms with E-state index in [2.05, 4.69) is 0 Å². The van der Waals surface area contributed by atoms with E-state index in [0.29, 0.717) is 12.1 Å². The molecular weight excluding hydrogens is 543 g/mol. The molecule has 1 aromatic heterocycles. The summed E-state index contributed by atoms with van der Waals surface area (Å²) in [7, 11) is 0. The molecule has 3 rings (SSSR count). The van der Waals surface area contributed by atoms with Crippen LogP contribution in [0.25, 0.3) is 0 Å². The third-order valence-electron chi connectivity index (χ3n) is 6.13. The van der Waals surface area contributed by atoms with Gasteiger partial charge in [-0.05, 0) is 40.7 Å². The topological polar surface area (TPSA) is 146 Å². The quantitative estimate of drug-likeness (QED) is 0.291. The van der Waals surface area contributed by atoms with Gasteiger partial charge in [0.1, 0.15) is 5.75 Å². The van der Waals surface area contributed by atoms with Gasteiger partial charge in [-0.3, -0.25) is 10.2 Å². The number of phenols is 1. The maximum Gasteiger partial charge on any atom is 0.490 e. The summed E-state index contributed by atoms with van der Waals surface area (Å²) in [6.45, 7) is 12.4. The summed E-state index contributed by atoms with van der Waals surface area (Å²) in [5.41, 5.74) is 2.51. The smallest absolute Gasteiger partial charge is 0.490 e. The Morgan fingerprint density at radius 3 is 1.63 bits per heavy atom. The number of aliphatic carboxylic acids is 1. The third-order valence-corrected chi connectivity index (χ3v) is 6.13. The number of aromatic carboxylic acids is 1. The van der Waals surface area contributed by atoms with Crippen LogP contribution < -0.4 is 5.62 Å². The van der Waals surface area contributed by atoms with Gasteiger partial charge in [-0.15, -0.1) is 0 Å². The Morgan fingerprint density at radius 2 is 1.24 bits per heavy atom. The lowest BCUT2D eigenvalue weighted by Crippen LogP contribution is -2.27. The number of benzene rings is 2. The summed E-state index contributed by atoms with van der Waals surface area (Å²) in [4.78, 5) is 33.2. The number of alkyl halides is 3. The predicted molar refractivity (Wildman–Crippen MR) is 144 cm³/mol. The number of halogens is 3. The van der Waals surface area contributed by atoms with Crippen molar-refractivity contribution in [1.29, 1.82) is 5.41 Å². The lowest BCUT2D eigenvalue weighted by molar-refractivity contribution is -0.192. The van der Waals surface area contributed by atoms with Crippen molar-refractivity contribution in [3.8, 4) is 5.75 Å². The van der Waals surface area contributed by atoms with Gasteiger partial charge in [-0.2, -0.15) is 13.2 Å². The molecule has 0 bridgehead atoms. The van der Waals surface area contributed by atoms with Gasteiger partial charge in [-0.1, -0.05) is 53.7 Å². The van der Waals surface area contributed by atoms with Crippen LogP contribution in [0.5, 0.6) is 5.75 Å². The minimum absolute atomic E-state index is 0.00171. The lowest BCUT2D eigenvalue weighted by Gasteiger charge is -2.28. The van der Waals surface area contributed by atoms with Crippen LogP contribution in [0.3, 0.4) is 0 Å². The van der Waals surface area contributed by atoms with E-state index in [1.165, 1.54) is 12.1 Å². The number of ketones is 1. The van der Waals surface area contributed by atoms with Crippen molar-refractivity contribution in [3.05, 3.63) is 82.2 Å². The number of aromatic hydroxyl groups is 1. The van der Waals surface area contributed by atoms with Crippen LogP contribution in [0.15, 0.2) is 48.8 Å². The molecule has 0 unspecified atom stereocenters. The van der Waals surface area contributed by atoms with Crippen molar-refractivity contribution in [2.75, 3.05) is 0 Å². The first-order chi connectivity index (χ1) is 18.6. The number of imidazole rings is 1. The molecule has 2 aromatic carbocycles. The average Bonchev–Trinajstić information content (AvgIpc) is 3.16. The average molecular weight is 578 g/mol. The maximum atomic E-state index is 13.3. The molecule has 41 heavy (non-hydrogen) atoms. The van der Waals surface area contributed by atoms with Gasteiger partial charge >= 0.3 is 18.1 Å². The number of hydrogen-bond donors (Lipinski definition) is 4. The number of nitrogens with zero attached hydrogens (tertiary/aromatic N) is 2. The van der Waals surface area contributed by atoms with Gasteiger partial charge in [0.05, 0.1) is 18.7 Å². The number of carboxylic acids is 2. The monoisotopic (exact) mass is 577 g/mol. The molecule has 0 aliphatic heterocycles. The second-order valence-corrected chi connectivity index (χ2v) is 11.5. The van der Waals surface area contributed by atoms with Crippen molar-refractivity contribution in [3.63, 3.8) is 0 Å². The molecule has 0 amide bonds. The number of carbonyl (C=O) groups excluding carboxylic acids is 1.